The number of nitrogens with zero attached hydrogens (tertiary/aromatic N) is 1. The van der Waals surface area contributed by atoms with E-state index >= 15 is 0 Å². The van der Waals surface area contributed by atoms with Gasteiger partial charge in [0.2, 0.25) is 0 Å². The lowest BCUT2D eigenvalue weighted by Gasteiger charge is -2.29. The second-order valence-corrected chi connectivity index (χ2v) is 7.81. The van der Waals surface area contributed by atoms with Crippen molar-refractivity contribution in [2.75, 3.05) is 7.11 Å². The van der Waals surface area contributed by atoms with E-state index in [0.717, 1.165) is 5.56 Å². The Morgan fingerprint density at radius 1 is 1.10 bits per heavy atom. The molecular weight excluding hydrogens is 408 g/mol. The summed E-state index contributed by atoms with van der Waals surface area (Å²) in [7, 11) is 1.37. The minimum absolute atomic E-state index is 0.0433. The maximum absolute atomic E-state index is 12.6. The number of benzene rings is 1. The zero-order valence-electron chi connectivity index (χ0n) is 17.7. The van der Waals surface area contributed by atoms with Crippen LogP contribution in [0.25, 0.3) is 0 Å². The zero-order chi connectivity index (χ0) is 22.4. The van der Waals surface area contributed by atoms with Crippen LogP contribution in [0.2, 0.25) is 5.02 Å². The van der Waals surface area contributed by atoms with Crippen LogP contribution in [0.4, 0.5) is 0 Å². The highest BCUT2D eigenvalue weighted by atomic mass is 35.5. The molecule has 0 aliphatic heterocycles. The number of halogens is 1. The smallest absolute Gasteiger partial charge is 0.328 e. The Labute approximate surface area is 181 Å². The normalized spacial score (nSPS) is 14.0. The summed E-state index contributed by atoms with van der Waals surface area (Å²) in [5.41, 5.74) is 0.778. The van der Waals surface area contributed by atoms with Crippen LogP contribution < -0.4 is 10.1 Å². The molecule has 1 heterocycles. The van der Waals surface area contributed by atoms with E-state index in [1.165, 1.54) is 26.3 Å². The number of amides is 1. The number of ether oxygens (including phenoxy) is 2. The number of pyridine rings is 1. The number of aromatic hydroxyl groups is 1. The first kappa shape index (κ1) is 23.5. The van der Waals surface area contributed by atoms with Gasteiger partial charge in [-0.1, -0.05) is 37.6 Å². The number of aromatic nitrogens is 1. The SMILES string of the molecule is COc1ccnc(C(=O)N[C@@H](C)C(=O)O[C@@H](C)[C@H](c2ccc(Cl)cc2)C(C)C)c1O. The number of esters is 1. The van der Waals surface area contributed by atoms with Crippen LogP contribution in [0.3, 0.4) is 0 Å². The van der Waals surface area contributed by atoms with E-state index in [1.54, 1.807) is 12.1 Å². The number of nitrogens with one attached hydrogen (secondary N) is 1. The van der Waals surface area contributed by atoms with Gasteiger partial charge in [0, 0.05) is 23.2 Å². The molecule has 0 unspecified atom stereocenters. The summed E-state index contributed by atoms with van der Waals surface area (Å²) >= 11 is 5.97. The van der Waals surface area contributed by atoms with Crippen LogP contribution in [0.15, 0.2) is 36.5 Å². The predicted molar refractivity (Wildman–Crippen MR) is 114 cm³/mol. The van der Waals surface area contributed by atoms with Crippen molar-refractivity contribution in [1.29, 1.82) is 0 Å². The summed E-state index contributed by atoms with van der Waals surface area (Å²) in [5, 5.41) is 13.2. The van der Waals surface area contributed by atoms with Crippen molar-refractivity contribution in [3.8, 4) is 11.5 Å². The number of hydrogen-bond acceptors (Lipinski definition) is 6. The highest BCUT2D eigenvalue weighted by Gasteiger charge is 2.29. The molecule has 0 aliphatic carbocycles. The Bertz CT molecular complexity index is 886. The van der Waals surface area contributed by atoms with E-state index in [4.69, 9.17) is 21.1 Å². The van der Waals surface area contributed by atoms with Gasteiger partial charge in [0.15, 0.2) is 17.2 Å². The minimum atomic E-state index is -0.939. The van der Waals surface area contributed by atoms with Crippen molar-refractivity contribution in [3.05, 3.63) is 52.8 Å². The quantitative estimate of drug-likeness (QED) is 0.611. The highest BCUT2D eigenvalue weighted by Crippen LogP contribution is 2.31. The molecule has 2 rings (SSSR count). The van der Waals surface area contributed by atoms with Crippen LogP contribution in [0.1, 0.15) is 49.7 Å². The van der Waals surface area contributed by atoms with Crippen LogP contribution in [0, 0.1) is 5.92 Å². The van der Waals surface area contributed by atoms with E-state index in [0.29, 0.717) is 5.02 Å². The summed E-state index contributed by atoms with van der Waals surface area (Å²) in [6.07, 6.45) is 0.902. The zero-order valence-corrected chi connectivity index (χ0v) is 18.4. The average Bonchev–Trinajstić information content (AvgIpc) is 2.69. The third-order valence-electron chi connectivity index (χ3n) is 4.80. The summed E-state index contributed by atoms with van der Waals surface area (Å²) in [6.45, 7) is 7.43. The maximum Gasteiger partial charge on any atom is 0.328 e. The second kappa shape index (κ2) is 10.3. The second-order valence-electron chi connectivity index (χ2n) is 7.37. The molecule has 2 aromatic rings. The first-order valence-corrected chi connectivity index (χ1v) is 10.0. The van der Waals surface area contributed by atoms with Crippen molar-refractivity contribution >= 4 is 23.5 Å². The van der Waals surface area contributed by atoms with E-state index in [-0.39, 0.29) is 23.3 Å². The number of hydrogen-bond donors (Lipinski definition) is 2. The Hall–Kier alpha value is -2.80. The predicted octanol–water partition coefficient (Wildman–Crippen LogP) is 3.94. The molecule has 8 heteroatoms. The lowest BCUT2D eigenvalue weighted by molar-refractivity contribution is -0.151. The van der Waals surface area contributed by atoms with Gasteiger partial charge in [-0.3, -0.25) is 4.79 Å². The molecule has 7 nitrogen and oxygen atoms in total. The lowest BCUT2D eigenvalue weighted by Crippen LogP contribution is -2.42. The summed E-state index contributed by atoms with van der Waals surface area (Å²) in [4.78, 5) is 28.8. The van der Waals surface area contributed by atoms with Gasteiger partial charge in [-0.25, -0.2) is 9.78 Å². The largest absolute Gasteiger partial charge is 0.503 e. The van der Waals surface area contributed by atoms with Crippen molar-refractivity contribution in [2.24, 2.45) is 5.92 Å². The average molecular weight is 435 g/mol. The summed E-state index contributed by atoms with van der Waals surface area (Å²) in [6, 6.07) is 7.92. The minimum Gasteiger partial charge on any atom is -0.503 e. The summed E-state index contributed by atoms with van der Waals surface area (Å²) in [5.74, 6) is -1.41. The van der Waals surface area contributed by atoms with Crippen molar-refractivity contribution in [2.45, 2.75) is 45.8 Å². The molecule has 0 radical (unpaired) electrons. The molecule has 0 bridgehead atoms. The fourth-order valence-corrected chi connectivity index (χ4v) is 3.46. The Morgan fingerprint density at radius 3 is 2.30 bits per heavy atom. The molecule has 30 heavy (non-hydrogen) atoms. The van der Waals surface area contributed by atoms with Gasteiger partial charge >= 0.3 is 5.97 Å². The molecule has 0 saturated carbocycles. The third kappa shape index (κ3) is 5.63. The van der Waals surface area contributed by atoms with Gasteiger partial charge in [0.25, 0.3) is 5.91 Å². The van der Waals surface area contributed by atoms with Gasteiger partial charge in [-0.15, -0.1) is 0 Å². The molecule has 1 aromatic carbocycles. The van der Waals surface area contributed by atoms with Gasteiger partial charge in [-0.2, -0.15) is 0 Å². The van der Waals surface area contributed by atoms with Crippen LogP contribution in [-0.4, -0.2) is 41.2 Å². The maximum atomic E-state index is 12.6. The fourth-order valence-electron chi connectivity index (χ4n) is 3.33. The van der Waals surface area contributed by atoms with Gasteiger partial charge < -0.3 is 19.9 Å². The molecule has 0 saturated heterocycles. The molecule has 0 spiro atoms. The van der Waals surface area contributed by atoms with E-state index < -0.39 is 29.8 Å². The standard InChI is InChI=1S/C22H27ClN2O5/c1-12(2)18(15-6-8-16(23)9-7-15)14(4)30-22(28)13(3)25-21(27)19-20(26)17(29-5)10-11-24-19/h6-14,18,26H,1-5H3,(H,25,27)/t13-,14-,18+/m0/s1. The monoisotopic (exact) mass is 434 g/mol. The number of rotatable bonds is 8. The molecule has 3 atom stereocenters. The lowest BCUT2D eigenvalue weighted by atomic mass is 9.84. The third-order valence-corrected chi connectivity index (χ3v) is 5.06. The van der Waals surface area contributed by atoms with Gasteiger partial charge in [-0.05, 0) is 37.5 Å². The molecule has 0 fully saturated rings. The van der Waals surface area contributed by atoms with Gasteiger partial charge in [0.05, 0.1) is 7.11 Å². The first-order chi connectivity index (χ1) is 14.1. The summed E-state index contributed by atoms with van der Waals surface area (Å²) < 4.78 is 10.6. The van der Waals surface area contributed by atoms with Crippen molar-refractivity contribution < 1.29 is 24.2 Å². The number of carbonyl (C=O) groups excluding carboxylic acids is 2. The van der Waals surface area contributed by atoms with Crippen LogP contribution in [-0.2, 0) is 9.53 Å². The highest BCUT2D eigenvalue weighted by molar-refractivity contribution is 6.30. The number of carbonyl (C=O) groups is 2. The molecule has 1 amide bonds. The van der Waals surface area contributed by atoms with Crippen LogP contribution >= 0.6 is 11.6 Å². The molecule has 162 valence electrons. The van der Waals surface area contributed by atoms with Crippen molar-refractivity contribution in [3.63, 3.8) is 0 Å². The van der Waals surface area contributed by atoms with Crippen molar-refractivity contribution in [1.82, 2.24) is 10.3 Å². The Morgan fingerprint density at radius 2 is 1.73 bits per heavy atom. The first-order valence-electron chi connectivity index (χ1n) is 9.64. The van der Waals surface area contributed by atoms with Crippen LogP contribution in [0.5, 0.6) is 11.5 Å². The topological polar surface area (TPSA) is 97.8 Å². The molecular formula is C22H27ClN2O5. The molecule has 0 aliphatic rings. The molecule has 1 aromatic heterocycles. The Kier molecular flexibility index (Phi) is 8.06. The number of methoxy groups -OCH3 is 1. The molecule has 2 N–H and O–H groups in total. The fraction of sp³-hybridized carbons (Fsp3) is 0.409. The van der Waals surface area contributed by atoms with E-state index in [9.17, 15) is 14.7 Å². The van der Waals surface area contributed by atoms with Gasteiger partial charge in [0.1, 0.15) is 12.1 Å². The Balaban J connectivity index is 2.06. The van der Waals surface area contributed by atoms with E-state index in [1.807, 2.05) is 32.9 Å². The van der Waals surface area contributed by atoms with E-state index in [2.05, 4.69) is 10.3 Å².